The van der Waals surface area contributed by atoms with Gasteiger partial charge in [0.05, 0.1) is 22.8 Å². The second-order valence-corrected chi connectivity index (χ2v) is 6.03. The van der Waals surface area contributed by atoms with Crippen molar-refractivity contribution in [2.75, 3.05) is 10.5 Å². The van der Waals surface area contributed by atoms with Crippen LogP contribution < -0.4 is 10.5 Å². The molecular formula is C12H16N4O2S. The van der Waals surface area contributed by atoms with Crippen LogP contribution in [-0.2, 0) is 10.0 Å². The van der Waals surface area contributed by atoms with Crippen molar-refractivity contribution in [3.63, 3.8) is 0 Å². The maximum atomic E-state index is 12.4. The summed E-state index contributed by atoms with van der Waals surface area (Å²) in [5.41, 5.74) is 8.30. The fourth-order valence-corrected chi connectivity index (χ4v) is 3.48. The van der Waals surface area contributed by atoms with Gasteiger partial charge in [-0.05, 0) is 32.4 Å². The minimum atomic E-state index is -3.70. The molecular weight excluding hydrogens is 264 g/mol. The molecule has 0 saturated carbocycles. The lowest BCUT2D eigenvalue weighted by Crippen LogP contribution is -2.16. The van der Waals surface area contributed by atoms with Crippen LogP contribution in [0.25, 0.3) is 0 Å². The number of aryl methyl sites for hydroxylation is 3. The lowest BCUT2D eigenvalue weighted by molar-refractivity contribution is 0.600. The maximum absolute atomic E-state index is 12.4. The average molecular weight is 280 g/mol. The van der Waals surface area contributed by atoms with E-state index in [4.69, 9.17) is 5.73 Å². The monoisotopic (exact) mass is 280 g/mol. The zero-order valence-corrected chi connectivity index (χ0v) is 11.8. The van der Waals surface area contributed by atoms with Crippen LogP contribution in [0.1, 0.15) is 17.0 Å². The molecule has 19 heavy (non-hydrogen) atoms. The van der Waals surface area contributed by atoms with Gasteiger partial charge in [0.25, 0.3) is 10.0 Å². The van der Waals surface area contributed by atoms with Crippen molar-refractivity contribution in [1.82, 2.24) is 10.2 Å². The van der Waals surface area contributed by atoms with Gasteiger partial charge in [-0.15, -0.1) is 0 Å². The smallest absolute Gasteiger partial charge is 0.265 e. The summed E-state index contributed by atoms with van der Waals surface area (Å²) < 4.78 is 27.3. The van der Waals surface area contributed by atoms with Gasteiger partial charge in [0, 0.05) is 0 Å². The summed E-state index contributed by atoms with van der Waals surface area (Å²) in [7, 11) is -3.70. The number of anilines is 2. The molecule has 0 saturated heterocycles. The van der Waals surface area contributed by atoms with Gasteiger partial charge in [-0.1, -0.05) is 12.1 Å². The van der Waals surface area contributed by atoms with Crippen LogP contribution in [0.2, 0.25) is 0 Å². The van der Waals surface area contributed by atoms with E-state index in [1.807, 2.05) is 0 Å². The quantitative estimate of drug-likeness (QED) is 0.745. The van der Waals surface area contributed by atoms with Crippen LogP contribution >= 0.6 is 0 Å². The fourth-order valence-electron chi connectivity index (χ4n) is 1.95. The number of nitrogens with two attached hydrogens (primary N) is 1. The second-order valence-electron chi connectivity index (χ2n) is 4.41. The van der Waals surface area contributed by atoms with Gasteiger partial charge in [0.1, 0.15) is 4.90 Å². The number of H-pyrrole nitrogens is 1. The summed E-state index contributed by atoms with van der Waals surface area (Å²) in [6, 6.07) is 5.22. The molecule has 102 valence electrons. The van der Waals surface area contributed by atoms with Crippen molar-refractivity contribution < 1.29 is 8.42 Å². The Morgan fingerprint density at radius 1 is 1.26 bits per heavy atom. The zero-order valence-electron chi connectivity index (χ0n) is 11.0. The number of hydrogen-bond acceptors (Lipinski definition) is 4. The highest BCUT2D eigenvalue weighted by Gasteiger charge is 2.23. The Balaban J connectivity index is 2.49. The molecule has 0 aliphatic carbocycles. The number of nitrogens with one attached hydrogen (secondary N) is 2. The molecule has 0 bridgehead atoms. The standard InChI is InChI=1S/C12H16N4O2S/c1-7-5-4-6-10(13)11(7)16-19(17,18)12-8(2)14-15-9(12)3/h4-6,16H,13H2,1-3H3,(H,14,15). The molecule has 0 spiro atoms. The predicted octanol–water partition coefficient (Wildman–Crippen LogP) is 1.72. The molecule has 2 aromatic rings. The van der Waals surface area contributed by atoms with E-state index in [1.165, 1.54) is 0 Å². The number of aromatic amines is 1. The van der Waals surface area contributed by atoms with Gasteiger partial charge < -0.3 is 5.73 Å². The topological polar surface area (TPSA) is 101 Å². The first-order valence-electron chi connectivity index (χ1n) is 5.72. The van der Waals surface area contributed by atoms with Crippen LogP contribution in [0.4, 0.5) is 11.4 Å². The van der Waals surface area contributed by atoms with E-state index in [1.54, 1.807) is 39.0 Å². The molecule has 0 amide bonds. The summed E-state index contributed by atoms with van der Waals surface area (Å²) in [5.74, 6) is 0. The summed E-state index contributed by atoms with van der Waals surface area (Å²) >= 11 is 0. The molecule has 0 unspecified atom stereocenters. The lowest BCUT2D eigenvalue weighted by atomic mass is 10.2. The third-order valence-electron chi connectivity index (χ3n) is 2.87. The van der Waals surface area contributed by atoms with Gasteiger partial charge in [0.15, 0.2) is 0 Å². The molecule has 0 aliphatic heterocycles. The Labute approximate surface area is 112 Å². The molecule has 0 aliphatic rings. The lowest BCUT2D eigenvalue weighted by Gasteiger charge is -2.12. The maximum Gasteiger partial charge on any atom is 0.265 e. The summed E-state index contributed by atoms with van der Waals surface area (Å²) in [4.78, 5) is 0.162. The molecule has 2 rings (SSSR count). The Morgan fingerprint density at radius 2 is 1.95 bits per heavy atom. The molecule has 1 aromatic heterocycles. The molecule has 0 fully saturated rings. The average Bonchev–Trinajstić information content (AvgIpc) is 2.64. The molecule has 6 nitrogen and oxygen atoms in total. The number of hydrogen-bond donors (Lipinski definition) is 3. The van der Waals surface area contributed by atoms with Crippen molar-refractivity contribution in [3.8, 4) is 0 Å². The largest absolute Gasteiger partial charge is 0.397 e. The first kappa shape index (κ1) is 13.4. The number of rotatable bonds is 3. The van der Waals surface area contributed by atoms with Crippen molar-refractivity contribution in [1.29, 1.82) is 0 Å². The van der Waals surface area contributed by atoms with Crippen molar-refractivity contribution >= 4 is 21.4 Å². The van der Waals surface area contributed by atoms with Crippen LogP contribution in [0, 0.1) is 20.8 Å². The van der Waals surface area contributed by atoms with E-state index in [0.29, 0.717) is 22.8 Å². The number of benzene rings is 1. The van der Waals surface area contributed by atoms with E-state index >= 15 is 0 Å². The molecule has 4 N–H and O–H groups in total. The van der Waals surface area contributed by atoms with Crippen LogP contribution in [0.3, 0.4) is 0 Å². The minimum absolute atomic E-state index is 0.162. The number of para-hydroxylation sites is 1. The predicted molar refractivity (Wildman–Crippen MR) is 74.5 cm³/mol. The highest BCUT2D eigenvalue weighted by Crippen LogP contribution is 2.27. The van der Waals surface area contributed by atoms with Crippen LogP contribution in [0.15, 0.2) is 23.1 Å². The highest BCUT2D eigenvalue weighted by molar-refractivity contribution is 7.92. The van der Waals surface area contributed by atoms with Crippen LogP contribution in [0.5, 0.6) is 0 Å². The van der Waals surface area contributed by atoms with Crippen molar-refractivity contribution in [2.45, 2.75) is 25.7 Å². The molecule has 0 radical (unpaired) electrons. The van der Waals surface area contributed by atoms with Crippen molar-refractivity contribution in [2.24, 2.45) is 0 Å². The number of aromatic nitrogens is 2. The highest BCUT2D eigenvalue weighted by atomic mass is 32.2. The SMILES string of the molecule is Cc1cccc(N)c1NS(=O)(=O)c1c(C)n[nH]c1C. The molecule has 1 aromatic carbocycles. The molecule has 1 heterocycles. The number of nitrogen functional groups attached to an aromatic ring is 1. The normalized spacial score (nSPS) is 11.5. The van der Waals surface area contributed by atoms with Gasteiger partial charge in [-0.3, -0.25) is 9.82 Å². The first-order valence-corrected chi connectivity index (χ1v) is 7.20. The third kappa shape index (κ3) is 2.41. The first-order chi connectivity index (χ1) is 8.83. The summed E-state index contributed by atoms with van der Waals surface area (Å²) in [6.45, 7) is 5.10. The summed E-state index contributed by atoms with van der Waals surface area (Å²) in [5, 5.41) is 6.55. The number of nitrogens with zero attached hydrogens (tertiary/aromatic N) is 1. The Hall–Kier alpha value is -2.02. The van der Waals surface area contributed by atoms with E-state index in [0.717, 1.165) is 5.56 Å². The molecule has 0 atom stereocenters. The van der Waals surface area contributed by atoms with Gasteiger partial charge >= 0.3 is 0 Å². The Bertz CT molecular complexity index is 680. The minimum Gasteiger partial charge on any atom is -0.397 e. The van der Waals surface area contributed by atoms with E-state index in [-0.39, 0.29) is 4.90 Å². The van der Waals surface area contributed by atoms with Gasteiger partial charge in [-0.25, -0.2) is 8.42 Å². The third-order valence-corrected chi connectivity index (χ3v) is 4.48. The van der Waals surface area contributed by atoms with E-state index in [9.17, 15) is 8.42 Å². The van der Waals surface area contributed by atoms with Crippen LogP contribution in [-0.4, -0.2) is 18.6 Å². The summed E-state index contributed by atoms with van der Waals surface area (Å²) in [6.07, 6.45) is 0. The second kappa shape index (κ2) is 4.58. The van der Waals surface area contributed by atoms with Gasteiger partial charge in [-0.2, -0.15) is 5.10 Å². The molecule has 7 heteroatoms. The zero-order chi connectivity index (χ0) is 14.2. The van der Waals surface area contributed by atoms with Gasteiger partial charge in [0.2, 0.25) is 0 Å². The van der Waals surface area contributed by atoms with Crippen molar-refractivity contribution in [3.05, 3.63) is 35.2 Å². The van der Waals surface area contributed by atoms with E-state index < -0.39 is 10.0 Å². The Morgan fingerprint density at radius 3 is 2.47 bits per heavy atom. The van der Waals surface area contributed by atoms with E-state index in [2.05, 4.69) is 14.9 Å². The fraction of sp³-hybridized carbons (Fsp3) is 0.250. The Kier molecular flexibility index (Phi) is 3.23. The number of sulfonamides is 1.